The van der Waals surface area contributed by atoms with Crippen LogP contribution in [-0.2, 0) is 14.3 Å². The minimum absolute atomic E-state index is 0.0348. The van der Waals surface area contributed by atoms with Crippen LogP contribution in [0.3, 0.4) is 0 Å². The maximum Gasteiger partial charge on any atom is 0.264 e. The highest BCUT2D eigenvalue weighted by molar-refractivity contribution is 7.85. The highest BCUT2D eigenvalue weighted by atomic mass is 32.2. The summed E-state index contributed by atoms with van der Waals surface area (Å²) in [4.78, 5) is 0. The van der Waals surface area contributed by atoms with Gasteiger partial charge in [0, 0.05) is 0 Å². The van der Waals surface area contributed by atoms with Crippen molar-refractivity contribution in [3.63, 3.8) is 0 Å². The molecule has 0 N–H and O–H groups in total. The Morgan fingerprint density at radius 3 is 2.18 bits per heavy atom. The second-order valence-electron chi connectivity index (χ2n) is 3.67. The van der Waals surface area contributed by atoms with E-state index in [0.717, 1.165) is 6.26 Å². The summed E-state index contributed by atoms with van der Waals surface area (Å²) in [5, 5.41) is 0. The zero-order chi connectivity index (χ0) is 10.9. The molecule has 0 fully saturated rings. The van der Waals surface area contributed by atoms with Crippen molar-refractivity contribution in [3.05, 3.63) is 0 Å². The van der Waals surface area contributed by atoms with E-state index in [2.05, 4.69) is 4.18 Å². The molecule has 0 unspecified atom stereocenters. The monoisotopic (exact) mass is 182 g/mol. The van der Waals surface area contributed by atoms with Gasteiger partial charge in [0.1, 0.15) is 0 Å². The molecule has 11 heavy (non-hydrogen) atoms. The fraction of sp³-hybridized carbons (Fsp3) is 1.00. The van der Waals surface area contributed by atoms with Crippen LogP contribution in [-0.4, -0.2) is 21.2 Å². The van der Waals surface area contributed by atoms with Crippen molar-refractivity contribution in [2.45, 2.75) is 27.2 Å². The van der Waals surface area contributed by atoms with Crippen molar-refractivity contribution in [3.8, 4) is 0 Å². The average molecular weight is 182 g/mol. The Labute approximate surface area is 71.7 Å². The van der Waals surface area contributed by atoms with Gasteiger partial charge >= 0.3 is 0 Å². The molecule has 0 heterocycles. The molecular formula is C7H16O3S. The van der Waals surface area contributed by atoms with Gasteiger partial charge in [-0.05, 0) is 11.8 Å². The molecule has 0 rings (SSSR count). The van der Waals surface area contributed by atoms with Crippen molar-refractivity contribution in [1.82, 2.24) is 0 Å². The quantitative estimate of drug-likeness (QED) is 0.620. The van der Waals surface area contributed by atoms with Gasteiger partial charge in [0.25, 0.3) is 10.1 Å². The molecule has 0 saturated heterocycles. The minimum Gasteiger partial charge on any atom is -0.270 e. The number of hydrogen-bond acceptors (Lipinski definition) is 3. The Morgan fingerprint density at radius 2 is 1.91 bits per heavy atom. The van der Waals surface area contributed by atoms with Gasteiger partial charge in [-0.1, -0.05) is 20.8 Å². The van der Waals surface area contributed by atoms with Gasteiger partial charge in [0.2, 0.25) is 0 Å². The fourth-order valence-corrected chi connectivity index (χ4v) is 0.626. The largest absolute Gasteiger partial charge is 0.270 e. The summed E-state index contributed by atoms with van der Waals surface area (Å²) in [7, 11) is -3.73. The van der Waals surface area contributed by atoms with Gasteiger partial charge in [-0.15, -0.1) is 0 Å². The first-order valence-corrected chi connectivity index (χ1v) is 5.14. The van der Waals surface area contributed by atoms with Crippen LogP contribution in [0.4, 0.5) is 0 Å². The zero-order valence-electron chi connectivity index (χ0n) is 9.34. The van der Waals surface area contributed by atoms with E-state index in [0.29, 0.717) is 0 Å². The third-order valence-corrected chi connectivity index (χ3v) is 1.23. The smallest absolute Gasteiger partial charge is 0.264 e. The van der Waals surface area contributed by atoms with Crippen LogP contribution in [0.2, 0.25) is 0 Å². The molecule has 0 radical (unpaired) electrons. The second kappa shape index (κ2) is 3.54. The molecule has 0 atom stereocenters. The molecule has 0 aliphatic rings. The van der Waals surface area contributed by atoms with E-state index < -0.39 is 16.7 Å². The molecule has 0 aromatic heterocycles. The molecular weight excluding hydrogens is 164 g/mol. The van der Waals surface area contributed by atoms with E-state index in [4.69, 9.17) is 2.74 Å². The van der Waals surface area contributed by atoms with Crippen molar-refractivity contribution < 1.29 is 15.3 Å². The average Bonchev–Trinajstić information content (AvgIpc) is 1.43. The van der Waals surface area contributed by atoms with Crippen LogP contribution in [0.1, 0.15) is 29.9 Å². The molecule has 0 aliphatic heterocycles. The third-order valence-electron chi connectivity index (χ3n) is 0.813. The van der Waals surface area contributed by atoms with Crippen molar-refractivity contribution >= 4 is 10.1 Å². The lowest BCUT2D eigenvalue weighted by molar-refractivity contribution is 0.249. The van der Waals surface area contributed by atoms with Crippen molar-refractivity contribution in [2.75, 3.05) is 12.8 Å². The lowest BCUT2D eigenvalue weighted by Crippen LogP contribution is -2.12. The van der Waals surface area contributed by atoms with Gasteiger partial charge in [-0.25, -0.2) is 0 Å². The first-order valence-electron chi connectivity index (χ1n) is 4.32. The summed E-state index contributed by atoms with van der Waals surface area (Å²) in [6, 6.07) is 0. The van der Waals surface area contributed by atoms with E-state index >= 15 is 0 Å². The van der Waals surface area contributed by atoms with E-state index in [9.17, 15) is 8.42 Å². The highest BCUT2D eigenvalue weighted by Gasteiger charge is 2.11. The van der Waals surface area contributed by atoms with Gasteiger partial charge < -0.3 is 0 Å². The van der Waals surface area contributed by atoms with Crippen LogP contribution >= 0.6 is 0 Å². The molecule has 0 aromatic carbocycles. The lowest BCUT2D eigenvalue weighted by Gasteiger charge is -2.16. The van der Waals surface area contributed by atoms with E-state index in [1.165, 1.54) is 0 Å². The molecule has 4 heteroatoms. The van der Waals surface area contributed by atoms with Crippen molar-refractivity contribution in [2.24, 2.45) is 5.41 Å². The molecule has 0 spiro atoms. The molecule has 68 valence electrons. The molecule has 0 aromatic rings. The highest BCUT2D eigenvalue weighted by Crippen LogP contribution is 2.18. The third kappa shape index (κ3) is 9.91. The summed E-state index contributed by atoms with van der Waals surface area (Å²) < 4.78 is 40.3. The summed E-state index contributed by atoms with van der Waals surface area (Å²) >= 11 is 0. The predicted molar refractivity (Wildman–Crippen MR) is 44.9 cm³/mol. The Kier molecular flexibility index (Phi) is 2.43. The van der Waals surface area contributed by atoms with Crippen LogP contribution in [0.15, 0.2) is 0 Å². The number of rotatable bonds is 3. The summed E-state index contributed by atoms with van der Waals surface area (Å²) in [6.45, 7) is 3.33. The summed E-state index contributed by atoms with van der Waals surface area (Å²) in [5.74, 6) is 0. The topological polar surface area (TPSA) is 43.4 Å². The second-order valence-corrected chi connectivity index (χ2v) is 5.24. The van der Waals surface area contributed by atoms with E-state index in [-0.39, 0.29) is 11.8 Å². The first kappa shape index (κ1) is 7.55. The SMILES string of the molecule is [2H]C([2H])(CC(C)(C)C)OS(C)(=O)=O. The summed E-state index contributed by atoms with van der Waals surface area (Å²) in [6.07, 6.45) is 0.876. The van der Waals surface area contributed by atoms with Gasteiger partial charge in [0.15, 0.2) is 0 Å². The van der Waals surface area contributed by atoms with Crippen LogP contribution < -0.4 is 0 Å². The van der Waals surface area contributed by atoms with Crippen LogP contribution in [0.5, 0.6) is 0 Å². The minimum atomic E-state index is -3.73. The predicted octanol–water partition coefficient (Wildman–Crippen LogP) is 1.40. The Bertz CT molecular complexity index is 264. The normalized spacial score (nSPS) is 17.5. The Morgan fingerprint density at radius 1 is 1.45 bits per heavy atom. The Hall–Kier alpha value is -0.0900. The number of hydrogen-bond donors (Lipinski definition) is 0. The van der Waals surface area contributed by atoms with E-state index in [1.807, 2.05) is 20.8 Å². The first-order chi connectivity index (χ1) is 5.41. The van der Waals surface area contributed by atoms with Gasteiger partial charge in [-0.3, -0.25) is 4.18 Å². The van der Waals surface area contributed by atoms with Crippen molar-refractivity contribution in [1.29, 1.82) is 0 Å². The maximum absolute atomic E-state index is 10.7. The summed E-state index contributed by atoms with van der Waals surface area (Å²) in [5.41, 5.74) is -0.311. The van der Waals surface area contributed by atoms with Crippen LogP contribution in [0.25, 0.3) is 0 Å². The zero-order valence-corrected chi connectivity index (χ0v) is 8.16. The molecule has 0 bridgehead atoms. The molecule has 0 aliphatic carbocycles. The standard InChI is InChI=1S/C7H16O3S/c1-7(2,3)5-6-10-11(4,8)9/h5-6H2,1-4H3/i6D2. The molecule has 0 saturated carbocycles. The van der Waals surface area contributed by atoms with Crippen LogP contribution in [0, 0.1) is 5.41 Å². The van der Waals surface area contributed by atoms with Gasteiger partial charge in [0.05, 0.1) is 15.6 Å². The maximum atomic E-state index is 10.7. The Balaban J connectivity index is 4.43. The molecule has 0 amide bonds. The van der Waals surface area contributed by atoms with Gasteiger partial charge in [-0.2, -0.15) is 8.42 Å². The lowest BCUT2D eigenvalue weighted by atomic mass is 9.93. The van der Waals surface area contributed by atoms with E-state index in [1.54, 1.807) is 0 Å². The fourth-order valence-electron chi connectivity index (χ4n) is 0.353. The molecule has 3 nitrogen and oxygen atoms in total.